The maximum absolute atomic E-state index is 11.7. The van der Waals surface area contributed by atoms with E-state index in [0.717, 1.165) is 10.7 Å². The zero-order valence-electron chi connectivity index (χ0n) is 9.60. The van der Waals surface area contributed by atoms with Crippen molar-refractivity contribution in [3.05, 3.63) is 16.1 Å². The minimum absolute atomic E-state index is 0.110. The van der Waals surface area contributed by atoms with Gasteiger partial charge in [0.1, 0.15) is 5.01 Å². The standard InChI is InChI=1S/C9H17N3O2S2/c1-6-5-15-9(11-6)8(3)12-16(13,14)7(2)4-10/h5,7-8,12H,4,10H2,1-3H3. The second kappa shape index (κ2) is 5.22. The Morgan fingerprint density at radius 1 is 1.56 bits per heavy atom. The van der Waals surface area contributed by atoms with Crippen LogP contribution in [0.25, 0.3) is 0 Å². The maximum Gasteiger partial charge on any atom is 0.216 e. The van der Waals surface area contributed by atoms with Crippen molar-refractivity contribution in [3.63, 3.8) is 0 Å². The van der Waals surface area contributed by atoms with Crippen LogP contribution in [0.4, 0.5) is 0 Å². The molecule has 2 unspecified atom stereocenters. The van der Waals surface area contributed by atoms with Gasteiger partial charge in [-0.05, 0) is 20.8 Å². The van der Waals surface area contributed by atoms with Gasteiger partial charge in [-0.3, -0.25) is 0 Å². The summed E-state index contributed by atoms with van der Waals surface area (Å²) in [6, 6.07) is -0.308. The average molecular weight is 263 g/mol. The minimum Gasteiger partial charge on any atom is -0.329 e. The number of aromatic nitrogens is 1. The van der Waals surface area contributed by atoms with Gasteiger partial charge in [-0.15, -0.1) is 11.3 Å². The van der Waals surface area contributed by atoms with Crippen LogP contribution in [0.5, 0.6) is 0 Å². The van der Waals surface area contributed by atoms with Gasteiger partial charge in [0.2, 0.25) is 10.0 Å². The van der Waals surface area contributed by atoms with Crippen LogP contribution in [0.2, 0.25) is 0 Å². The lowest BCUT2D eigenvalue weighted by Crippen LogP contribution is -2.38. The molecule has 2 atom stereocenters. The summed E-state index contributed by atoms with van der Waals surface area (Å²) in [6.07, 6.45) is 0. The van der Waals surface area contributed by atoms with Gasteiger partial charge in [0.05, 0.1) is 11.3 Å². The van der Waals surface area contributed by atoms with E-state index in [9.17, 15) is 8.42 Å². The van der Waals surface area contributed by atoms with Crippen LogP contribution in [-0.2, 0) is 10.0 Å². The van der Waals surface area contributed by atoms with Gasteiger partial charge in [-0.2, -0.15) is 0 Å². The summed E-state index contributed by atoms with van der Waals surface area (Å²) in [5.74, 6) is 0. The first-order chi connectivity index (χ1) is 7.36. The van der Waals surface area contributed by atoms with E-state index in [2.05, 4.69) is 9.71 Å². The molecular weight excluding hydrogens is 246 g/mol. The molecule has 0 aliphatic rings. The highest BCUT2D eigenvalue weighted by Gasteiger charge is 2.23. The highest BCUT2D eigenvalue weighted by atomic mass is 32.2. The molecule has 92 valence electrons. The van der Waals surface area contributed by atoms with Crippen molar-refractivity contribution in [1.82, 2.24) is 9.71 Å². The Hall–Kier alpha value is -0.500. The third-order valence-electron chi connectivity index (χ3n) is 2.21. The van der Waals surface area contributed by atoms with Crippen molar-refractivity contribution < 1.29 is 8.42 Å². The number of aryl methyl sites for hydroxylation is 1. The quantitative estimate of drug-likeness (QED) is 0.822. The summed E-state index contributed by atoms with van der Waals surface area (Å²) in [4.78, 5) is 4.24. The molecule has 16 heavy (non-hydrogen) atoms. The van der Waals surface area contributed by atoms with Crippen LogP contribution in [0, 0.1) is 6.92 Å². The first-order valence-electron chi connectivity index (χ1n) is 5.00. The SMILES string of the molecule is Cc1csc(C(C)NS(=O)(=O)C(C)CN)n1. The first-order valence-corrected chi connectivity index (χ1v) is 7.42. The van der Waals surface area contributed by atoms with Gasteiger partial charge in [-0.25, -0.2) is 18.1 Å². The number of thiazole rings is 1. The molecule has 0 bridgehead atoms. The molecule has 7 heteroatoms. The third-order valence-corrected chi connectivity index (χ3v) is 5.29. The summed E-state index contributed by atoms with van der Waals surface area (Å²) >= 11 is 1.45. The van der Waals surface area contributed by atoms with E-state index in [1.807, 2.05) is 12.3 Å². The zero-order valence-corrected chi connectivity index (χ0v) is 11.2. The predicted molar refractivity (Wildman–Crippen MR) is 65.8 cm³/mol. The van der Waals surface area contributed by atoms with Gasteiger partial charge in [0.15, 0.2) is 0 Å². The Morgan fingerprint density at radius 3 is 2.62 bits per heavy atom. The lowest BCUT2D eigenvalue weighted by molar-refractivity contribution is 0.554. The Labute approximate surface area is 100 Å². The molecule has 0 saturated carbocycles. The topological polar surface area (TPSA) is 85.1 Å². The van der Waals surface area contributed by atoms with Gasteiger partial charge < -0.3 is 5.73 Å². The number of hydrogen-bond donors (Lipinski definition) is 2. The van der Waals surface area contributed by atoms with E-state index in [0.29, 0.717) is 0 Å². The van der Waals surface area contributed by atoms with E-state index < -0.39 is 15.3 Å². The maximum atomic E-state index is 11.7. The molecule has 1 heterocycles. The predicted octanol–water partition coefficient (Wildman–Crippen LogP) is 0.779. The fraction of sp³-hybridized carbons (Fsp3) is 0.667. The molecule has 0 amide bonds. The molecule has 0 fully saturated rings. The van der Waals surface area contributed by atoms with E-state index in [-0.39, 0.29) is 12.6 Å². The van der Waals surface area contributed by atoms with Crippen LogP contribution in [0.3, 0.4) is 0 Å². The highest BCUT2D eigenvalue weighted by molar-refractivity contribution is 7.90. The van der Waals surface area contributed by atoms with E-state index >= 15 is 0 Å². The highest BCUT2D eigenvalue weighted by Crippen LogP contribution is 2.18. The fourth-order valence-corrected chi connectivity index (χ4v) is 3.08. The average Bonchev–Trinajstić information content (AvgIpc) is 2.63. The zero-order chi connectivity index (χ0) is 12.3. The van der Waals surface area contributed by atoms with Crippen molar-refractivity contribution in [2.75, 3.05) is 6.54 Å². The van der Waals surface area contributed by atoms with Crippen molar-refractivity contribution >= 4 is 21.4 Å². The molecular formula is C9H17N3O2S2. The van der Waals surface area contributed by atoms with Gasteiger partial charge in [0, 0.05) is 17.6 Å². The molecule has 1 aromatic heterocycles. The number of nitrogens with zero attached hydrogens (tertiary/aromatic N) is 1. The Morgan fingerprint density at radius 2 is 2.19 bits per heavy atom. The number of nitrogens with one attached hydrogen (secondary N) is 1. The smallest absolute Gasteiger partial charge is 0.216 e. The molecule has 1 aromatic rings. The molecule has 0 spiro atoms. The molecule has 0 radical (unpaired) electrons. The van der Waals surface area contributed by atoms with E-state index in [4.69, 9.17) is 5.73 Å². The summed E-state index contributed by atoms with van der Waals surface area (Å²) in [5.41, 5.74) is 6.25. The second-order valence-corrected chi connectivity index (χ2v) is 6.78. The molecule has 0 aliphatic carbocycles. The Bertz CT molecular complexity index is 441. The van der Waals surface area contributed by atoms with Gasteiger partial charge in [-0.1, -0.05) is 0 Å². The molecule has 5 nitrogen and oxygen atoms in total. The largest absolute Gasteiger partial charge is 0.329 e. The molecule has 0 aromatic carbocycles. The monoisotopic (exact) mass is 263 g/mol. The van der Waals surface area contributed by atoms with Crippen LogP contribution in [0.15, 0.2) is 5.38 Å². The second-order valence-electron chi connectivity index (χ2n) is 3.76. The Kier molecular flexibility index (Phi) is 4.43. The molecule has 3 N–H and O–H groups in total. The number of sulfonamides is 1. The van der Waals surface area contributed by atoms with Crippen molar-refractivity contribution in [1.29, 1.82) is 0 Å². The van der Waals surface area contributed by atoms with Crippen molar-refractivity contribution in [2.24, 2.45) is 5.73 Å². The van der Waals surface area contributed by atoms with Crippen LogP contribution < -0.4 is 10.5 Å². The lowest BCUT2D eigenvalue weighted by atomic mass is 10.4. The van der Waals surface area contributed by atoms with Crippen LogP contribution >= 0.6 is 11.3 Å². The minimum atomic E-state index is -3.36. The van der Waals surface area contributed by atoms with E-state index in [1.54, 1.807) is 13.8 Å². The fourth-order valence-electron chi connectivity index (χ4n) is 1.11. The van der Waals surface area contributed by atoms with Crippen molar-refractivity contribution in [2.45, 2.75) is 32.1 Å². The molecule has 1 rings (SSSR count). The molecule has 0 saturated heterocycles. The summed E-state index contributed by atoms with van der Waals surface area (Å²) in [6.45, 7) is 5.35. The van der Waals surface area contributed by atoms with Crippen molar-refractivity contribution in [3.8, 4) is 0 Å². The van der Waals surface area contributed by atoms with Crippen LogP contribution in [0.1, 0.15) is 30.6 Å². The summed E-state index contributed by atoms with van der Waals surface area (Å²) in [5, 5.41) is 2.08. The van der Waals surface area contributed by atoms with Crippen LogP contribution in [-0.4, -0.2) is 25.2 Å². The van der Waals surface area contributed by atoms with E-state index in [1.165, 1.54) is 11.3 Å². The number of hydrogen-bond acceptors (Lipinski definition) is 5. The Balaban J connectivity index is 2.75. The summed E-state index contributed by atoms with van der Waals surface area (Å²) < 4.78 is 26.1. The number of nitrogens with two attached hydrogens (primary N) is 1. The lowest BCUT2D eigenvalue weighted by Gasteiger charge is -2.15. The normalized spacial score (nSPS) is 16.0. The first kappa shape index (κ1) is 13.6. The summed E-state index contributed by atoms with van der Waals surface area (Å²) in [7, 11) is -3.36. The van der Waals surface area contributed by atoms with Gasteiger partial charge in [0.25, 0.3) is 0 Å². The molecule has 0 aliphatic heterocycles. The van der Waals surface area contributed by atoms with Gasteiger partial charge >= 0.3 is 0 Å². The number of rotatable bonds is 5. The third kappa shape index (κ3) is 3.24.